The minimum Gasteiger partial charge on any atom is -0.309 e. The van der Waals surface area contributed by atoms with Crippen LogP contribution in [0.3, 0.4) is 0 Å². The van der Waals surface area contributed by atoms with Crippen molar-refractivity contribution in [2.45, 2.75) is 20.3 Å². The Morgan fingerprint density at radius 3 is 2.12 bits per heavy atom. The van der Waals surface area contributed by atoms with Crippen LogP contribution in [0.2, 0.25) is 0 Å². The Hall–Kier alpha value is -4.88. The summed E-state index contributed by atoms with van der Waals surface area (Å²) in [6.45, 7) is 4.37. The fourth-order valence-electron chi connectivity index (χ4n) is 6.77. The zero-order valence-electron chi connectivity index (χ0n) is 23.4. The lowest BCUT2D eigenvalue weighted by atomic mass is 9.84. The Labute approximate surface area is 241 Å². The van der Waals surface area contributed by atoms with Gasteiger partial charge in [-0.3, -0.25) is 0 Å². The highest BCUT2D eigenvalue weighted by atomic mass is 15.0. The van der Waals surface area contributed by atoms with E-state index in [2.05, 4.69) is 152 Å². The van der Waals surface area contributed by atoms with Crippen LogP contribution < -0.4 is 0 Å². The van der Waals surface area contributed by atoms with Crippen LogP contribution >= 0.6 is 0 Å². The van der Waals surface area contributed by atoms with Crippen LogP contribution in [0.25, 0.3) is 55.0 Å². The lowest BCUT2D eigenvalue weighted by Crippen LogP contribution is -2.05. The largest absolute Gasteiger partial charge is 0.309 e. The molecule has 1 atom stereocenters. The predicted molar refractivity (Wildman–Crippen MR) is 176 cm³/mol. The van der Waals surface area contributed by atoms with Crippen LogP contribution in [0, 0.1) is 19.8 Å². The molecule has 0 saturated carbocycles. The van der Waals surface area contributed by atoms with E-state index in [9.17, 15) is 0 Å². The molecule has 8 rings (SSSR count). The van der Waals surface area contributed by atoms with Crippen molar-refractivity contribution in [3.63, 3.8) is 0 Å². The van der Waals surface area contributed by atoms with Crippen molar-refractivity contribution in [3.05, 3.63) is 156 Å². The van der Waals surface area contributed by atoms with Crippen LogP contribution in [-0.4, -0.2) is 4.57 Å². The fourth-order valence-corrected chi connectivity index (χ4v) is 6.77. The van der Waals surface area contributed by atoms with Gasteiger partial charge in [0.1, 0.15) is 0 Å². The zero-order chi connectivity index (χ0) is 27.5. The van der Waals surface area contributed by atoms with E-state index in [1.807, 2.05) is 0 Å². The van der Waals surface area contributed by atoms with Crippen molar-refractivity contribution in [2.75, 3.05) is 0 Å². The van der Waals surface area contributed by atoms with Gasteiger partial charge in [0.15, 0.2) is 0 Å². The summed E-state index contributed by atoms with van der Waals surface area (Å²) in [6, 6.07) is 36.3. The maximum atomic E-state index is 2.44. The first kappa shape index (κ1) is 24.0. The first-order valence-corrected chi connectivity index (χ1v) is 14.5. The molecule has 0 amide bonds. The number of rotatable bonds is 3. The minimum absolute atomic E-state index is 0.503. The SMILES string of the molecule is Cc1cc(C)cc(-n2c3ccc(C4=CCC5C=CC=CC5=C4)cc3c3cc(-c4ccc5ccccc5c4)ccc32)c1. The molecule has 0 bridgehead atoms. The Balaban J connectivity index is 1.35. The lowest BCUT2D eigenvalue weighted by Gasteiger charge is -2.21. The lowest BCUT2D eigenvalue weighted by molar-refractivity contribution is 0.783. The van der Waals surface area contributed by atoms with Crippen LogP contribution in [0.4, 0.5) is 0 Å². The van der Waals surface area contributed by atoms with Gasteiger partial charge < -0.3 is 4.57 Å². The van der Waals surface area contributed by atoms with E-state index in [0.29, 0.717) is 5.92 Å². The molecule has 0 fully saturated rings. The maximum Gasteiger partial charge on any atom is 0.0541 e. The number of fused-ring (bicyclic) bond motifs is 5. The third-order valence-corrected chi connectivity index (χ3v) is 8.73. The molecule has 196 valence electrons. The Kier molecular flexibility index (Phi) is 5.47. The fraction of sp³-hybridized carbons (Fsp3) is 0.100. The molecule has 1 heteroatoms. The average Bonchev–Trinajstić information content (AvgIpc) is 3.33. The van der Waals surface area contributed by atoms with Crippen molar-refractivity contribution in [3.8, 4) is 16.8 Å². The van der Waals surface area contributed by atoms with Crippen LogP contribution in [-0.2, 0) is 0 Å². The van der Waals surface area contributed by atoms with Gasteiger partial charge >= 0.3 is 0 Å². The molecule has 0 radical (unpaired) electrons. The molecule has 6 aromatic rings. The number of nitrogens with zero attached hydrogens (tertiary/aromatic N) is 1. The summed E-state index contributed by atoms with van der Waals surface area (Å²) in [5, 5.41) is 5.12. The second kappa shape index (κ2) is 9.35. The molecule has 0 spiro atoms. The van der Waals surface area contributed by atoms with Crippen LogP contribution in [0.5, 0.6) is 0 Å². The maximum absolute atomic E-state index is 2.44. The van der Waals surface area contributed by atoms with Crippen molar-refractivity contribution in [1.29, 1.82) is 0 Å². The van der Waals surface area contributed by atoms with Gasteiger partial charge in [-0.15, -0.1) is 0 Å². The van der Waals surface area contributed by atoms with Gasteiger partial charge in [-0.1, -0.05) is 91.1 Å². The number of aromatic nitrogens is 1. The molecule has 2 aliphatic rings. The van der Waals surface area contributed by atoms with Gasteiger partial charge in [-0.05, 0) is 112 Å². The Morgan fingerprint density at radius 2 is 1.32 bits per heavy atom. The molecule has 0 aliphatic heterocycles. The highest BCUT2D eigenvalue weighted by Crippen LogP contribution is 2.39. The van der Waals surface area contributed by atoms with Gasteiger partial charge in [0.2, 0.25) is 0 Å². The van der Waals surface area contributed by atoms with Gasteiger partial charge in [0, 0.05) is 22.4 Å². The third kappa shape index (κ3) is 4.08. The third-order valence-electron chi connectivity index (χ3n) is 8.73. The van der Waals surface area contributed by atoms with Crippen LogP contribution in [0.1, 0.15) is 23.1 Å². The Bertz CT molecular complexity index is 2120. The van der Waals surface area contributed by atoms with E-state index >= 15 is 0 Å². The minimum atomic E-state index is 0.503. The van der Waals surface area contributed by atoms with E-state index < -0.39 is 0 Å². The predicted octanol–water partition coefficient (Wildman–Crippen LogP) is 10.7. The number of allylic oxidation sites excluding steroid dienone is 8. The van der Waals surface area contributed by atoms with E-state index in [1.54, 1.807) is 0 Å². The van der Waals surface area contributed by atoms with Crippen molar-refractivity contribution in [1.82, 2.24) is 4.57 Å². The first-order chi connectivity index (χ1) is 20.1. The van der Waals surface area contributed by atoms with E-state index in [4.69, 9.17) is 0 Å². The van der Waals surface area contributed by atoms with Crippen molar-refractivity contribution in [2.24, 2.45) is 5.92 Å². The highest BCUT2D eigenvalue weighted by molar-refractivity contribution is 6.11. The van der Waals surface area contributed by atoms with Gasteiger partial charge in [-0.25, -0.2) is 0 Å². The summed E-state index contributed by atoms with van der Waals surface area (Å²) in [5.41, 5.74) is 12.8. The van der Waals surface area contributed by atoms with E-state index in [-0.39, 0.29) is 0 Å². The summed E-state index contributed by atoms with van der Waals surface area (Å²) >= 11 is 0. The molecule has 1 aromatic heterocycles. The monoisotopic (exact) mass is 525 g/mol. The summed E-state index contributed by atoms with van der Waals surface area (Å²) < 4.78 is 2.44. The number of hydrogen-bond acceptors (Lipinski definition) is 0. The summed E-state index contributed by atoms with van der Waals surface area (Å²) in [6.07, 6.45) is 14.7. The van der Waals surface area contributed by atoms with Gasteiger partial charge in [0.05, 0.1) is 11.0 Å². The quantitative estimate of drug-likeness (QED) is 0.217. The molecular formula is C40H31N. The summed E-state index contributed by atoms with van der Waals surface area (Å²) in [4.78, 5) is 0. The zero-order valence-corrected chi connectivity index (χ0v) is 23.4. The van der Waals surface area contributed by atoms with Gasteiger partial charge in [-0.2, -0.15) is 0 Å². The molecule has 0 saturated heterocycles. The molecule has 41 heavy (non-hydrogen) atoms. The molecule has 2 aliphatic carbocycles. The topological polar surface area (TPSA) is 4.93 Å². The normalized spacial score (nSPS) is 16.3. The van der Waals surface area contributed by atoms with Crippen LogP contribution in [0.15, 0.2) is 139 Å². The standard InChI is InChI=1S/C40H31N/c1-26-19-27(2)21-36(20-26)41-39-17-15-34(32-13-11-28-7-3-5-9-30(28)22-32)24-37(39)38-25-35(16-18-40(38)41)33-14-12-29-8-4-6-10-31(29)23-33/h3-11,13-25,29H,12H2,1-2H3. The van der Waals surface area contributed by atoms with E-state index in [0.717, 1.165) is 6.42 Å². The smallest absolute Gasteiger partial charge is 0.0541 e. The molecule has 0 N–H and O–H groups in total. The van der Waals surface area contributed by atoms with Crippen molar-refractivity contribution >= 4 is 38.2 Å². The highest BCUT2D eigenvalue weighted by Gasteiger charge is 2.19. The average molecular weight is 526 g/mol. The number of benzene rings is 5. The number of aryl methyl sites for hydroxylation is 2. The first-order valence-electron chi connectivity index (χ1n) is 14.5. The molecule has 1 unspecified atom stereocenters. The molecule has 1 heterocycles. The Morgan fingerprint density at radius 1 is 0.634 bits per heavy atom. The summed E-state index contributed by atoms with van der Waals surface area (Å²) in [5.74, 6) is 0.503. The van der Waals surface area contributed by atoms with Crippen molar-refractivity contribution < 1.29 is 0 Å². The second-order valence-corrected chi connectivity index (χ2v) is 11.6. The molecule has 5 aromatic carbocycles. The molecular weight excluding hydrogens is 494 g/mol. The molecule has 1 nitrogen and oxygen atoms in total. The van der Waals surface area contributed by atoms with Gasteiger partial charge in [0.25, 0.3) is 0 Å². The number of hydrogen-bond donors (Lipinski definition) is 0. The summed E-state index contributed by atoms with van der Waals surface area (Å²) in [7, 11) is 0. The van der Waals surface area contributed by atoms with E-state index in [1.165, 1.54) is 77.2 Å². The second-order valence-electron chi connectivity index (χ2n) is 11.6.